The van der Waals surface area contributed by atoms with E-state index in [0.717, 1.165) is 57.1 Å². The summed E-state index contributed by atoms with van der Waals surface area (Å²) >= 11 is 0. The van der Waals surface area contributed by atoms with Gasteiger partial charge in [0.2, 0.25) is 35.4 Å². The number of unbranched alkanes of at least 4 members (excludes halogenated alkanes) is 2. The molecule has 22 heteroatoms. The maximum Gasteiger partial charge on any atom is 0.326 e. The van der Waals surface area contributed by atoms with Crippen molar-refractivity contribution in [3.05, 3.63) is 108 Å². The van der Waals surface area contributed by atoms with Gasteiger partial charge >= 0.3 is 5.97 Å². The third-order valence-electron chi connectivity index (χ3n) is 15.4. The molecular formula is C61H78N8O14. The van der Waals surface area contributed by atoms with Crippen LogP contribution in [-0.2, 0) is 40.0 Å². The third-order valence-corrected chi connectivity index (χ3v) is 15.4. The van der Waals surface area contributed by atoms with Crippen molar-refractivity contribution in [2.75, 3.05) is 26.2 Å². The smallest absolute Gasteiger partial charge is 0.326 e. The number of aliphatic carboxylic acids is 1. The lowest BCUT2D eigenvalue weighted by Crippen LogP contribution is -2.61. The molecular weight excluding hydrogens is 1070 g/mol. The molecule has 3 aliphatic heterocycles. The van der Waals surface area contributed by atoms with Gasteiger partial charge in [-0.05, 0) is 123 Å². The zero-order valence-electron chi connectivity index (χ0n) is 46.9. The molecule has 4 aromatic rings. The fourth-order valence-electron chi connectivity index (χ4n) is 10.7. The summed E-state index contributed by atoms with van der Waals surface area (Å²) in [5.74, 6) is -6.55. The Morgan fingerprint density at radius 1 is 0.663 bits per heavy atom. The molecule has 22 nitrogen and oxygen atoms in total. The number of carbonyl (C=O) groups is 8. The SMILES string of the molecule is CCCCCOc1ccc(-c2ccc(-c3ccc(C(=O)N[C@@H]4CCCC[C@@H](C(=O)O)NC(=O)[C@@H]5C[C@@H](O)CN5C(=O)[C@H](CCCN)NC(=O)[C@H](CCc5ccc(O)cc5)NC(=O)[C@@H]5C[C@@H](O)CN5C(=O)[C@H]([C@@H](C)O)NC4=O)cc3)cc2)cc1. The minimum absolute atomic E-state index is 0.0126. The number of nitrogens with one attached hydrogen (secondary N) is 5. The highest BCUT2D eigenvalue weighted by molar-refractivity contribution is 6.00. The number of aliphatic hydroxyl groups excluding tert-OH is 3. The topological polar surface area (TPSA) is 340 Å². The summed E-state index contributed by atoms with van der Waals surface area (Å²) in [5, 5.41) is 66.3. The number of carbonyl (C=O) groups excluding carboxylic acids is 7. The average molecular weight is 1150 g/mol. The van der Waals surface area contributed by atoms with Crippen molar-refractivity contribution in [2.45, 2.75) is 158 Å². The van der Waals surface area contributed by atoms with Crippen LogP contribution in [0.1, 0.15) is 107 Å². The first-order chi connectivity index (χ1) is 39.8. The molecule has 10 atom stereocenters. The predicted octanol–water partition coefficient (Wildman–Crippen LogP) is 2.67. The lowest BCUT2D eigenvalue weighted by molar-refractivity contribution is -0.145. The van der Waals surface area contributed by atoms with Gasteiger partial charge in [0.1, 0.15) is 53.8 Å². The maximum absolute atomic E-state index is 14.5. The van der Waals surface area contributed by atoms with Crippen LogP contribution in [0, 0.1) is 0 Å². The number of rotatable bonds is 17. The minimum atomic E-state index is -1.73. The molecule has 7 amide bonds. The van der Waals surface area contributed by atoms with Gasteiger partial charge < -0.3 is 72.4 Å². The number of nitrogens with zero attached hydrogens (tertiary/aromatic N) is 2. The standard InChI is InChI=1S/C61H78N8O14/c1-3-4-7-31-83-46-27-23-41(24-28-46)39-17-15-38(16-18-39)40-19-21-42(22-20-40)54(74)63-47-9-5-6-10-50(61(81)82)66-58(78)51-32-44(72)34-68(51)59(79)49(11-8-30-62)65-55(75)48(29-14-37-12-25-43(71)26-13-37)64-57(77)52-33-45(73)35-69(52)60(80)53(36(2)70)67-56(47)76/h12-13,15-28,36,44-45,47-53,70-73H,3-11,14,29-35,62H2,1-2H3,(H,63,74)(H,64,77)(H,65,75)(H,66,78)(H,67,76)(H,81,82)/t36-,44-,45-,47-,48+,49+,50+,51+,52+,53+/m1/s1. The average Bonchev–Trinajstić information content (AvgIpc) is 4.30. The van der Waals surface area contributed by atoms with E-state index in [1.54, 1.807) is 36.4 Å². The van der Waals surface area contributed by atoms with E-state index in [-0.39, 0.29) is 88.6 Å². The third kappa shape index (κ3) is 17.1. The predicted molar refractivity (Wildman–Crippen MR) is 306 cm³/mol. The van der Waals surface area contributed by atoms with Gasteiger partial charge in [-0.1, -0.05) is 93.3 Å². The number of aliphatic hydroxyl groups is 3. The monoisotopic (exact) mass is 1150 g/mol. The zero-order valence-corrected chi connectivity index (χ0v) is 46.9. The Bertz CT molecular complexity index is 2870. The fourth-order valence-corrected chi connectivity index (χ4v) is 10.7. The molecule has 3 aliphatic rings. The zero-order chi connectivity index (χ0) is 59.7. The van der Waals surface area contributed by atoms with E-state index in [4.69, 9.17) is 10.5 Å². The summed E-state index contributed by atoms with van der Waals surface area (Å²) in [7, 11) is 0. The largest absolute Gasteiger partial charge is 0.508 e. The number of ether oxygens (including phenoxy) is 1. The van der Waals surface area contributed by atoms with Crippen molar-refractivity contribution in [3.8, 4) is 33.8 Å². The van der Waals surface area contributed by atoms with E-state index in [2.05, 4.69) is 33.5 Å². The van der Waals surface area contributed by atoms with Crippen LogP contribution in [0.25, 0.3) is 22.3 Å². The molecule has 0 radical (unpaired) electrons. The molecule has 3 fully saturated rings. The first-order valence-electron chi connectivity index (χ1n) is 28.7. The second-order valence-electron chi connectivity index (χ2n) is 21.7. The lowest BCUT2D eigenvalue weighted by atomic mass is 9.99. The minimum Gasteiger partial charge on any atom is -0.508 e. The van der Waals surface area contributed by atoms with Crippen molar-refractivity contribution in [1.29, 1.82) is 0 Å². The molecule has 83 heavy (non-hydrogen) atoms. The normalized spacial score (nSPS) is 24.6. The van der Waals surface area contributed by atoms with Gasteiger partial charge in [-0.15, -0.1) is 0 Å². The van der Waals surface area contributed by atoms with Crippen LogP contribution >= 0.6 is 0 Å². The highest BCUT2D eigenvalue weighted by atomic mass is 16.5. The van der Waals surface area contributed by atoms with E-state index >= 15 is 0 Å². The van der Waals surface area contributed by atoms with Crippen molar-refractivity contribution < 1.29 is 68.6 Å². The molecule has 3 saturated heterocycles. The molecule has 446 valence electrons. The number of nitrogens with two attached hydrogens (primary N) is 1. The maximum atomic E-state index is 14.5. The van der Waals surface area contributed by atoms with Crippen molar-refractivity contribution in [2.24, 2.45) is 5.73 Å². The van der Waals surface area contributed by atoms with Crippen molar-refractivity contribution >= 4 is 47.3 Å². The molecule has 0 aromatic heterocycles. The number of benzene rings is 4. The summed E-state index contributed by atoms with van der Waals surface area (Å²) in [4.78, 5) is 115. The Morgan fingerprint density at radius 2 is 1.20 bits per heavy atom. The number of aromatic hydroxyl groups is 1. The molecule has 4 aromatic carbocycles. The number of carboxylic acids is 1. The van der Waals surface area contributed by atoms with Crippen LogP contribution in [0.5, 0.6) is 11.5 Å². The number of hydrogen-bond acceptors (Lipinski definition) is 14. The number of fused-ring (bicyclic) bond motifs is 2. The Kier molecular flexibility index (Phi) is 22.6. The highest BCUT2D eigenvalue weighted by Gasteiger charge is 2.46. The molecule has 0 unspecified atom stereocenters. The molecule has 7 rings (SSSR count). The highest BCUT2D eigenvalue weighted by Crippen LogP contribution is 2.28. The first-order valence-corrected chi connectivity index (χ1v) is 28.7. The number of phenols is 1. The second kappa shape index (κ2) is 29.9. The number of carboxylic acid groups (broad SMARTS) is 1. The van der Waals surface area contributed by atoms with Crippen LogP contribution in [0.3, 0.4) is 0 Å². The summed E-state index contributed by atoms with van der Waals surface area (Å²) in [5.41, 5.74) is 10.3. The van der Waals surface area contributed by atoms with Gasteiger partial charge in [0, 0.05) is 31.5 Å². The van der Waals surface area contributed by atoms with Gasteiger partial charge in [-0.25, -0.2) is 4.79 Å². The number of amides is 7. The lowest BCUT2D eigenvalue weighted by Gasteiger charge is -2.32. The number of hydrogen-bond donors (Lipinski definition) is 11. The number of aryl methyl sites for hydroxylation is 1. The van der Waals surface area contributed by atoms with E-state index in [9.17, 15) is 63.9 Å². The van der Waals surface area contributed by atoms with Crippen LogP contribution < -0.4 is 37.1 Å². The van der Waals surface area contributed by atoms with Gasteiger partial charge in [0.15, 0.2) is 0 Å². The molecule has 0 bridgehead atoms. The molecule has 0 aliphatic carbocycles. The van der Waals surface area contributed by atoms with Gasteiger partial charge in [0.25, 0.3) is 5.91 Å². The summed E-state index contributed by atoms with van der Waals surface area (Å²) < 4.78 is 5.86. The Balaban J connectivity index is 1.14. The Hall–Kier alpha value is -7.92. The first kappa shape index (κ1) is 62.7. The van der Waals surface area contributed by atoms with Crippen molar-refractivity contribution in [3.63, 3.8) is 0 Å². The Labute approximate surface area is 482 Å². The summed E-state index contributed by atoms with van der Waals surface area (Å²) in [6.45, 7) is 3.41. The van der Waals surface area contributed by atoms with Crippen LogP contribution in [0.15, 0.2) is 97.1 Å². The summed E-state index contributed by atoms with van der Waals surface area (Å²) in [6.07, 6.45) is -1.26. The van der Waals surface area contributed by atoms with E-state index in [0.29, 0.717) is 12.2 Å². The fraction of sp³-hybridized carbons (Fsp3) is 0.475. The molecule has 0 spiro atoms. The molecule has 0 saturated carbocycles. The molecule has 3 heterocycles. The van der Waals surface area contributed by atoms with E-state index < -0.39 is 114 Å². The van der Waals surface area contributed by atoms with Crippen LogP contribution in [0.4, 0.5) is 0 Å². The van der Waals surface area contributed by atoms with E-state index in [1.165, 1.54) is 19.1 Å². The van der Waals surface area contributed by atoms with E-state index in [1.807, 2.05) is 48.5 Å². The number of phenolic OH excluding ortho intramolecular Hbond substituents is 1. The van der Waals surface area contributed by atoms with Crippen molar-refractivity contribution in [1.82, 2.24) is 36.4 Å². The molecule has 12 N–H and O–H groups in total. The summed E-state index contributed by atoms with van der Waals surface area (Å²) in [6, 6.07) is 18.4. The quantitative estimate of drug-likeness (QED) is 0.0678. The van der Waals surface area contributed by atoms with Gasteiger partial charge in [-0.2, -0.15) is 0 Å². The van der Waals surface area contributed by atoms with Crippen LogP contribution in [0.2, 0.25) is 0 Å². The van der Waals surface area contributed by atoms with Gasteiger partial charge in [-0.3, -0.25) is 33.6 Å². The Morgan fingerprint density at radius 3 is 1.77 bits per heavy atom. The van der Waals surface area contributed by atoms with Gasteiger partial charge in [0.05, 0.1) is 24.9 Å². The van der Waals surface area contributed by atoms with Crippen LogP contribution in [-0.4, -0.2) is 169 Å². The second-order valence-corrected chi connectivity index (χ2v) is 21.7.